The van der Waals surface area contributed by atoms with E-state index in [0.29, 0.717) is 0 Å². The maximum Gasteiger partial charge on any atom is 0.0660 e. The van der Waals surface area contributed by atoms with Gasteiger partial charge in [0.1, 0.15) is 0 Å². The molecule has 0 aliphatic rings. The Balaban J connectivity index is 2.68. The molecule has 0 saturated heterocycles. The predicted molar refractivity (Wildman–Crippen MR) is 100 cm³/mol. The number of benzene rings is 2. The van der Waals surface area contributed by atoms with Gasteiger partial charge in [-0.25, -0.2) is 0 Å². The van der Waals surface area contributed by atoms with Crippen molar-refractivity contribution in [1.82, 2.24) is 0 Å². The van der Waals surface area contributed by atoms with Crippen LogP contribution in [0, 0.1) is 38.2 Å². The van der Waals surface area contributed by atoms with Crippen molar-refractivity contribution in [3.8, 4) is 0 Å². The van der Waals surface area contributed by atoms with Gasteiger partial charge in [-0.1, -0.05) is 34.1 Å². The molecule has 0 amide bonds. The highest BCUT2D eigenvalue weighted by Crippen LogP contribution is 2.40. The van der Waals surface area contributed by atoms with Gasteiger partial charge in [0.25, 0.3) is 0 Å². The lowest BCUT2D eigenvalue weighted by atomic mass is 9.87. The highest BCUT2D eigenvalue weighted by molar-refractivity contribution is 14.1. The molecule has 1 atom stereocenters. The smallest absolute Gasteiger partial charge is 0.0660 e. The molecule has 0 heterocycles. The molecular weight excluding hydrogens is 423 g/mol. The number of hydrogen-bond donors (Lipinski definition) is 0. The molecule has 2 heteroatoms. The van der Waals surface area contributed by atoms with Gasteiger partial charge >= 0.3 is 0 Å². The third-order valence-electron chi connectivity index (χ3n) is 4.49. The molecular formula is C18H20BrI. The van der Waals surface area contributed by atoms with Gasteiger partial charge in [-0.3, -0.25) is 0 Å². The van der Waals surface area contributed by atoms with Crippen LogP contribution in [0.4, 0.5) is 0 Å². The number of alkyl halides is 1. The summed E-state index contributed by atoms with van der Waals surface area (Å²) in [5.41, 5.74) is 9.85. The molecule has 106 valence electrons. The highest BCUT2D eigenvalue weighted by atomic mass is 127. The van der Waals surface area contributed by atoms with Crippen molar-refractivity contribution >= 4 is 38.5 Å². The SMILES string of the molecule is Cc1c(C)c(C)c(C(Br)c2ccccc2I)c(C)c1C. The summed E-state index contributed by atoms with van der Waals surface area (Å²) in [6, 6.07) is 8.59. The maximum absolute atomic E-state index is 3.93. The van der Waals surface area contributed by atoms with E-state index in [0.717, 1.165) is 0 Å². The first-order valence-corrected chi connectivity index (χ1v) is 8.81. The zero-order valence-corrected chi connectivity index (χ0v) is 16.4. The molecule has 0 aliphatic heterocycles. The Hall–Kier alpha value is -0.350. The Labute approximate surface area is 144 Å². The highest BCUT2D eigenvalue weighted by Gasteiger charge is 2.21. The fourth-order valence-corrected chi connectivity index (χ4v) is 4.96. The van der Waals surface area contributed by atoms with Crippen LogP contribution in [-0.4, -0.2) is 0 Å². The molecule has 0 saturated carbocycles. The molecule has 0 fully saturated rings. The van der Waals surface area contributed by atoms with Gasteiger partial charge in [-0.2, -0.15) is 0 Å². The largest absolute Gasteiger partial charge is 0.0786 e. The topological polar surface area (TPSA) is 0 Å². The van der Waals surface area contributed by atoms with Crippen LogP contribution in [0.15, 0.2) is 24.3 Å². The lowest BCUT2D eigenvalue weighted by Gasteiger charge is -2.23. The minimum atomic E-state index is 0.258. The van der Waals surface area contributed by atoms with E-state index in [1.54, 1.807) is 0 Å². The third kappa shape index (κ3) is 2.69. The quantitative estimate of drug-likeness (QED) is 0.377. The van der Waals surface area contributed by atoms with Gasteiger partial charge in [0, 0.05) is 3.57 Å². The zero-order valence-electron chi connectivity index (χ0n) is 12.6. The summed E-state index contributed by atoms with van der Waals surface area (Å²) in [5.74, 6) is 0. The average Bonchev–Trinajstić information content (AvgIpc) is 2.43. The lowest BCUT2D eigenvalue weighted by molar-refractivity contribution is 1.05. The van der Waals surface area contributed by atoms with Gasteiger partial charge in [0.15, 0.2) is 0 Å². The van der Waals surface area contributed by atoms with Gasteiger partial charge < -0.3 is 0 Å². The molecule has 2 aromatic carbocycles. The normalized spacial score (nSPS) is 12.6. The summed E-state index contributed by atoms with van der Waals surface area (Å²) in [7, 11) is 0. The van der Waals surface area contributed by atoms with Crippen molar-refractivity contribution < 1.29 is 0 Å². The van der Waals surface area contributed by atoms with E-state index in [4.69, 9.17) is 0 Å². The molecule has 2 rings (SSSR count). The second kappa shape index (κ2) is 6.18. The lowest BCUT2D eigenvalue weighted by Crippen LogP contribution is -2.06. The Morgan fingerprint density at radius 3 is 1.75 bits per heavy atom. The molecule has 2 aromatic rings. The van der Waals surface area contributed by atoms with E-state index in [1.807, 2.05) is 0 Å². The molecule has 20 heavy (non-hydrogen) atoms. The summed E-state index contributed by atoms with van der Waals surface area (Å²) >= 11 is 6.35. The van der Waals surface area contributed by atoms with Crippen molar-refractivity contribution in [2.75, 3.05) is 0 Å². The molecule has 0 aliphatic carbocycles. The van der Waals surface area contributed by atoms with Crippen LogP contribution < -0.4 is 0 Å². The Morgan fingerprint density at radius 1 is 0.800 bits per heavy atom. The van der Waals surface area contributed by atoms with Crippen LogP contribution in [0.3, 0.4) is 0 Å². The summed E-state index contributed by atoms with van der Waals surface area (Å²) in [6.45, 7) is 11.2. The molecule has 1 unspecified atom stereocenters. The Kier molecular flexibility index (Phi) is 4.96. The Morgan fingerprint density at radius 2 is 1.25 bits per heavy atom. The van der Waals surface area contributed by atoms with Crippen LogP contribution in [0.5, 0.6) is 0 Å². The molecule has 0 nitrogen and oxygen atoms in total. The van der Waals surface area contributed by atoms with E-state index >= 15 is 0 Å². The van der Waals surface area contributed by atoms with E-state index in [-0.39, 0.29) is 4.83 Å². The van der Waals surface area contributed by atoms with Crippen molar-refractivity contribution in [2.45, 2.75) is 39.4 Å². The van der Waals surface area contributed by atoms with Crippen LogP contribution in [0.2, 0.25) is 0 Å². The van der Waals surface area contributed by atoms with Gasteiger partial charge in [0.2, 0.25) is 0 Å². The van der Waals surface area contributed by atoms with Crippen molar-refractivity contribution in [2.24, 2.45) is 0 Å². The molecule has 0 radical (unpaired) electrons. The Bertz CT molecular complexity index is 630. The maximum atomic E-state index is 3.93. The first-order valence-electron chi connectivity index (χ1n) is 6.81. The number of hydrogen-bond acceptors (Lipinski definition) is 0. The van der Waals surface area contributed by atoms with Crippen LogP contribution in [0.25, 0.3) is 0 Å². The number of halogens is 2. The van der Waals surface area contributed by atoms with Gasteiger partial charge in [0.05, 0.1) is 4.83 Å². The standard InChI is InChI=1S/C18H20BrI/c1-10-11(2)13(4)17(14(5)12(10)3)18(19)15-8-6-7-9-16(15)20/h6-9,18H,1-5H3. The second-order valence-corrected chi connectivity index (χ2v) is 7.50. The van der Waals surface area contributed by atoms with Crippen molar-refractivity contribution in [3.63, 3.8) is 0 Å². The van der Waals surface area contributed by atoms with Crippen LogP contribution in [0.1, 0.15) is 43.8 Å². The van der Waals surface area contributed by atoms with Crippen LogP contribution in [-0.2, 0) is 0 Å². The summed E-state index contributed by atoms with van der Waals surface area (Å²) in [5, 5.41) is 0. The zero-order chi connectivity index (χ0) is 15.0. The molecule has 0 spiro atoms. The minimum Gasteiger partial charge on any atom is -0.0786 e. The summed E-state index contributed by atoms with van der Waals surface area (Å²) in [6.07, 6.45) is 0. The van der Waals surface area contributed by atoms with E-state index in [9.17, 15) is 0 Å². The van der Waals surface area contributed by atoms with E-state index < -0.39 is 0 Å². The number of rotatable bonds is 2. The third-order valence-corrected chi connectivity index (χ3v) is 6.42. The van der Waals surface area contributed by atoms with Crippen molar-refractivity contribution in [3.05, 3.63) is 66.8 Å². The van der Waals surface area contributed by atoms with E-state index in [1.165, 1.54) is 42.5 Å². The monoisotopic (exact) mass is 442 g/mol. The van der Waals surface area contributed by atoms with Crippen molar-refractivity contribution in [1.29, 1.82) is 0 Å². The first-order chi connectivity index (χ1) is 9.36. The average molecular weight is 443 g/mol. The second-order valence-electron chi connectivity index (χ2n) is 5.42. The molecule has 0 N–H and O–H groups in total. The van der Waals surface area contributed by atoms with Gasteiger partial charge in [-0.15, -0.1) is 0 Å². The fraction of sp³-hybridized carbons (Fsp3) is 0.333. The first kappa shape index (κ1) is 16.0. The molecule has 0 bridgehead atoms. The minimum absolute atomic E-state index is 0.258. The fourth-order valence-electron chi connectivity index (χ4n) is 2.75. The van der Waals surface area contributed by atoms with Gasteiger partial charge in [-0.05, 0) is 102 Å². The summed E-state index contributed by atoms with van der Waals surface area (Å²) in [4.78, 5) is 0.258. The predicted octanol–water partition coefficient (Wildman–Crippen LogP) is 6.32. The summed E-state index contributed by atoms with van der Waals surface area (Å²) < 4.78 is 1.31. The van der Waals surface area contributed by atoms with E-state index in [2.05, 4.69) is 97.4 Å². The van der Waals surface area contributed by atoms with Crippen LogP contribution >= 0.6 is 38.5 Å². The molecule has 0 aromatic heterocycles.